The molecule has 2 rings (SSSR count). The highest BCUT2D eigenvalue weighted by Gasteiger charge is 2.13. The monoisotopic (exact) mass is 218 g/mol. The van der Waals surface area contributed by atoms with E-state index in [1.807, 2.05) is 11.9 Å². The fourth-order valence-corrected chi connectivity index (χ4v) is 1.53. The van der Waals surface area contributed by atoms with E-state index in [2.05, 4.69) is 34.0 Å². The third-order valence-electron chi connectivity index (χ3n) is 2.37. The van der Waals surface area contributed by atoms with Crippen molar-refractivity contribution in [3.8, 4) is 0 Å². The molecule has 0 unspecified atom stereocenters. The summed E-state index contributed by atoms with van der Waals surface area (Å²) < 4.78 is 0. The lowest BCUT2D eigenvalue weighted by molar-refractivity contribution is 0.980. The Labute approximate surface area is 93.7 Å². The van der Waals surface area contributed by atoms with E-state index in [0.717, 1.165) is 12.1 Å². The first kappa shape index (κ1) is 10.4. The number of anilines is 3. The first-order chi connectivity index (χ1) is 7.56. The van der Waals surface area contributed by atoms with Crippen LogP contribution in [0.15, 0.2) is 23.4 Å². The highest BCUT2D eigenvalue weighted by Crippen LogP contribution is 2.22. The second-order valence-electron chi connectivity index (χ2n) is 3.73. The zero-order valence-electron chi connectivity index (χ0n) is 9.31. The fourth-order valence-electron chi connectivity index (χ4n) is 1.53. The van der Waals surface area contributed by atoms with Gasteiger partial charge in [0, 0.05) is 12.7 Å². The Morgan fingerprint density at radius 1 is 1.19 bits per heavy atom. The molecule has 0 amide bonds. The van der Waals surface area contributed by atoms with Crippen molar-refractivity contribution >= 4 is 17.8 Å². The number of aromatic nitrogens is 3. The first-order valence-corrected chi connectivity index (χ1v) is 4.94. The lowest BCUT2D eigenvalue weighted by Gasteiger charge is -2.16. The van der Waals surface area contributed by atoms with Gasteiger partial charge in [0.1, 0.15) is 0 Å². The molecule has 1 aliphatic rings. The minimum absolute atomic E-state index is 0.133. The van der Waals surface area contributed by atoms with Gasteiger partial charge in [0.25, 0.3) is 0 Å². The van der Waals surface area contributed by atoms with Gasteiger partial charge < -0.3 is 16.4 Å². The standard InChI is InChI=1S/C10H14N6/c1-6-3-4-7(5-6)16(2)10-14-8(11)13-9(12)15-10/h4-5H,3H2,1-2H3,(H4,11,12,13,14,15). The van der Waals surface area contributed by atoms with Crippen molar-refractivity contribution in [1.82, 2.24) is 15.0 Å². The van der Waals surface area contributed by atoms with Crippen molar-refractivity contribution in [2.45, 2.75) is 13.3 Å². The summed E-state index contributed by atoms with van der Waals surface area (Å²) in [6.07, 6.45) is 5.14. The maximum Gasteiger partial charge on any atom is 0.236 e. The van der Waals surface area contributed by atoms with E-state index in [1.54, 1.807) is 0 Å². The molecule has 0 spiro atoms. The van der Waals surface area contributed by atoms with Crippen LogP contribution in [-0.4, -0.2) is 22.0 Å². The molecule has 1 aromatic rings. The van der Waals surface area contributed by atoms with Gasteiger partial charge >= 0.3 is 0 Å². The summed E-state index contributed by atoms with van der Waals surface area (Å²) in [6, 6.07) is 0. The van der Waals surface area contributed by atoms with Crippen LogP contribution < -0.4 is 16.4 Å². The molecule has 6 nitrogen and oxygen atoms in total. The van der Waals surface area contributed by atoms with E-state index in [0.29, 0.717) is 5.95 Å². The summed E-state index contributed by atoms with van der Waals surface area (Å²) in [7, 11) is 1.87. The molecule has 6 heteroatoms. The smallest absolute Gasteiger partial charge is 0.236 e. The quantitative estimate of drug-likeness (QED) is 0.759. The van der Waals surface area contributed by atoms with E-state index >= 15 is 0 Å². The molecule has 4 N–H and O–H groups in total. The number of likely N-dealkylation sites (N-methyl/N-ethyl adjacent to an activating group) is 1. The number of rotatable bonds is 2. The van der Waals surface area contributed by atoms with Crippen molar-refractivity contribution in [2.24, 2.45) is 0 Å². The largest absolute Gasteiger partial charge is 0.368 e. The van der Waals surface area contributed by atoms with Gasteiger partial charge in [0.15, 0.2) is 0 Å². The molecule has 0 aromatic carbocycles. The van der Waals surface area contributed by atoms with E-state index < -0.39 is 0 Å². The van der Waals surface area contributed by atoms with Crippen molar-refractivity contribution in [3.05, 3.63) is 23.4 Å². The Morgan fingerprint density at radius 2 is 1.81 bits per heavy atom. The Morgan fingerprint density at radius 3 is 2.31 bits per heavy atom. The summed E-state index contributed by atoms with van der Waals surface area (Å²) in [5, 5.41) is 0. The number of nitrogens with two attached hydrogens (primary N) is 2. The highest BCUT2D eigenvalue weighted by molar-refractivity contribution is 5.50. The zero-order chi connectivity index (χ0) is 11.7. The van der Waals surface area contributed by atoms with Crippen LogP contribution in [0.25, 0.3) is 0 Å². The van der Waals surface area contributed by atoms with Crippen LogP contribution in [0.5, 0.6) is 0 Å². The normalized spacial score (nSPS) is 14.6. The van der Waals surface area contributed by atoms with E-state index in [-0.39, 0.29) is 11.9 Å². The van der Waals surface area contributed by atoms with Gasteiger partial charge in [0.2, 0.25) is 17.8 Å². The lowest BCUT2D eigenvalue weighted by atomic mass is 10.3. The predicted octanol–water partition coefficient (Wildman–Crippen LogP) is 0.706. The molecule has 0 atom stereocenters. The fraction of sp³-hybridized carbons (Fsp3) is 0.300. The van der Waals surface area contributed by atoms with Gasteiger partial charge in [-0.2, -0.15) is 15.0 Å². The number of hydrogen-bond donors (Lipinski definition) is 2. The Kier molecular flexibility index (Phi) is 2.47. The number of nitrogens with zero attached hydrogens (tertiary/aromatic N) is 4. The van der Waals surface area contributed by atoms with Gasteiger partial charge in [0.05, 0.1) is 0 Å². The van der Waals surface area contributed by atoms with Crippen LogP contribution in [0, 0.1) is 0 Å². The number of hydrogen-bond acceptors (Lipinski definition) is 6. The Hall–Kier alpha value is -2.11. The van der Waals surface area contributed by atoms with Crippen molar-refractivity contribution in [1.29, 1.82) is 0 Å². The van der Waals surface area contributed by atoms with Crippen LogP contribution in [0.2, 0.25) is 0 Å². The van der Waals surface area contributed by atoms with Gasteiger partial charge in [-0.3, -0.25) is 0 Å². The Balaban J connectivity index is 2.31. The van der Waals surface area contributed by atoms with E-state index in [1.165, 1.54) is 5.57 Å². The molecule has 1 aromatic heterocycles. The maximum atomic E-state index is 5.52. The van der Waals surface area contributed by atoms with Gasteiger partial charge in [-0.05, 0) is 19.4 Å². The molecule has 16 heavy (non-hydrogen) atoms. The lowest BCUT2D eigenvalue weighted by Crippen LogP contribution is -2.19. The Bertz CT molecular complexity index is 456. The average Bonchev–Trinajstić information content (AvgIpc) is 2.62. The molecular weight excluding hydrogens is 204 g/mol. The third kappa shape index (κ3) is 1.95. The molecule has 0 bridgehead atoms. The summed E-state index contributed by atoms with van der Waals surface area (Å²) in [5.41, 5.74) is 13.4. The predicted molar refractivity (Wildman–Crippen MR) is 63.5 cm³/mol. The molecule has 1 aliphatic carbocycles. The van der Waals surface area contributed by atoms with Crippen LogP contribution in [0.1, 0.15) is 13.3 Å². The first-order valence-electron chi connectivity index (χ1n) is 4.94. The second-order valence-corrected chi connectivity index (χ2v) is 3.73. The van der Waals surface area contributed by atoms with Crippen LogP contribution in [0.4, 0.5) is 17.8 Å². The summed E-state index contributed by atoms with van der Waals surface area (Å²) in [5.74, 6) is 0.726. The van der Waals surface area contributed by atoms with Crippen LogP contribution in [0.3, 0.4) is 0 Å². The molecule has 0 aliphatic heterocycles. The number of allylic oxidation sites excluding steroid dienone is 3. The molecule has 0 saturated heterocycles. The van der Waals surface area contributed by atoms with Gasteiger partial charge in [-0.25, -0.2) is 0 Å². The average molecular weight is 218 g/mol. The second kappa shape index (κ2) is 3.80. The maximum absolute atomic E-state index is 5.52. The molecular formula is C10H14N6. The minimum atomic E-state index is 0.133. The van der Waals surface area contributed by atoms with Crippen molar-refractivity contribution in [3.63, 3.8) is 0 Å². The van der Waals surface area contributed by atoms with E-state index in [9.17, 15) is 0 Å². The van der Waals surface area contributed by atoms with E-state index in [4.69, 9.17) is 11.5 Å². The number of nitrogen functional groups attached to an aromatic ring is 2. The summed E-state index contributed by atoms with van der Waals surface area (Å²) in [4.78, 5) is 13.6. The summed E-state index contributed by atoms with van der Waals surface area (Å²) >= 11 is 0. The highest BCUT2D eigenvalue weighted by atomic mass is 15.3. The minimum Gasteiger partial charge on any atom is -0.368 e. The summed E-state index contributed by atoms with van der Waals surface area (Å²) in [6.45, 7) is 2.08. The zero-order valence-corrected chi connectivity index (χ0v) is 9.31. The molecule has 0 saturated carbocycles. The molecule has 0 fully saturated rings. The van der Waals surface area contributed by atoms with Crippen molar-refractivity contribution < 1.29 is 0 Å². The third-order valence-corrected chi connectivity index (χ3v) is 2.37. The van der Waals surface area contributed by atoms with Gasteiger partial charge in [-0.15, -0.1) is 0 Å². The topological polar surface area (TPSA) is 94.0 Å². The molecule has 84 valence electrons. The molecule has 0 radical (unpaired) electrons. The van der Waals surface area contributed by atoms with Crippen LogP contribution in [-0.2, 0) is 0 Å². The van der Waals surface area contributed by atoms with Gasteiger partial charge in [-0.1, -0.05) is 11.6 Å². The SMILES string of the molecule is CC1=CC(N(C)c2nc(N)nc(N)n2)=CC1. The molecule has 1 heterocycles. The van der Waals surface area contributed by atoms with Crippen molar-refractivity contribution in [2.75, 3.05) is 23.4 Å². The van der Waals surface area contributed by atoms with Crippen LogP contribution >= 0.6 is 0 Å².